The Morgan fingerprint density at radius 2 is 2.38 bits per heavy atom. The molecule has 1 aliphatic rings. The lowest BCUT2D eigenvalue weighted by atomic mass is 9.77. The first-order valence-electron chi connectivity index (χ1n) is 7.22. The molecule has 0 radical (unpaired) electrons. The predicted octanol–water partition coefficient (Wildman–Crippen LogP) is 2.22. The van der Waals surface area contributed by atoms with E-state index < -0.39 is 11.7 Å². The van der Waals surface area contributed by atoms with Gasteiger partial charge in [-0.1, -0.05) is 0 Å². The average Bonchev–Trinajstić information content (AvgIpc) is 2.47. The molecule has 1 fully saturated rings. The van der Waals surface area contributed by atoms with Gasteiger partial charge in [0.25, 0.3) is 0 Å². The summed E-state index contributed by atoms with van der Waals surface area (Å²) in [4.78, 5) is 16.7. The average molecular weight is 294 g/mol. The maximum atomic E-state index is 11.3. The van der Waals surface area contributed by atoms with E-state index in [1.54, 1.807) is 25.6 Å². The van der Waals surface area contributed by atoms with E-state index in [1.165, 1.54) is 4.90 Å². The number of pyridine rings is 1. The Morgan fingerprint density at radius 3 is 3.00 bits per heavy atom. The zero-order chi connectivity index (χ0) is 15.5. The van der Waals surface area contributed by atoms with Gasteiger partial charge in [-0.2, -0.15) is 0 Å². The van der Waals surface area contributed by atoms with Gasteiger partial charge in [0, 0.05) is 30.8 Å². The molecular weight excluding hydrogens is 272 g/mol. The van der Waals surface area contributed by atoms with Crippen LogP contribution in [0.1, 0.15) is 38.2 Å². The fraction of sp³-hybridized carbons (Fsp3) is 0.600. The molecule has 21 heavy (non-hydrogen) atoms. The maximum absolute atomic E-state index is 11.3. The molecule has 2 atom stereocenters. The number of aromatic nitrogens is 1. The first kappa shape index (κ1) is 15.6. The van der Waals surface area contributed by atoms with Crippen LogP contribution in [-0.4, -0.2) is 45.9 Å². The van der Waals surface area contributed by atoms with Crippen molar-refractivity contribution in [1.29, 1.82) is 0 Å². The van der Waals surface area contributed by atoms with Crippen LogP contribution in [0.5, 0.6) is 5.75 Å². The number of methoxy groups -OCH3 is 1. The third-order valence-corrected chi connectivity index (χ3v) is 4.23. The number of carbonyl (C=O) groups is 1. The Hall–Kier alpha value is -1.82. The van der Waals surface area contributed by atoms with Crippen molar-refractivity contribution in [3.05, 3.63) is 24.0 Å². The summed E-state index contributed by atoms with van der Waals surface area (Å²) in [5.74, 6) is 0.541. The van der Waals surface area contributed by atoms with Crippen LogP contribution in [-0.2, 0) is 5.60 Å². The van der Waals surface area contributed by atoms with Crippen molar-refractivity contribution in [2.75, 3.05) is 13.7 Å². The van der Waals surface area contributed by atoms with Gasteiger partial charge in [0.05, 0.1) is 18.9 Å². The van der Waals surface area contributed by atoms with Crippen molar-refractivity contribution in [1.82, 2.24) is 9.88 Å². The minimum absolute atomic E-state index is 0.177. The number of carboxylic acid groups (broad SMARTS) is 1. The molecule has 0 aliphatic heterocycles. The number of ether oxygens (including phenoxy) is 1. The quantitative estimate of drug-likeness (QED) is 0.889. The van der Waals surface area contributed by atoms with Crippen molar-refractivity contribution in [3.63, 3.8) is 0 Å². The molecule has 1 heterocycles. The highest BCUT2D eigenvalue weighted by molar-refractivity contribution is 5.65. The van der Waals surface area contributed by atoms with Gasteiger partial charge in [0.2, 0.25) is 0 Å². The lowest BCUT2D eigenvalue weighted by molar-refractivity contribution is -0.0326. The van der Waals surface area contributed by atoms with Crippen molar-refractivity contribution in [2.45, 2.75) is 44.2 Å². The highest BCUT2D eigenvalue weighted by Gasteiger charge is 2.40. The predicted molar refractivity (Wildman–Crippen MR) is 77.3 cm³/mol. The summed E-state index contributed by atoms with van der Waals surface area (Å²) in [5, 5.41) is 20.3. The smallest absolute Gasteiger partial charge is 0.407 e. The molecule has 0 bridgehead atoms. The Labute approximate surface area is 124 Å². The van der Waals surface area contributed by atoms with E-state index in [-0.39, 0.29) is 6.04 Å². The molecule has 116 valence electrons. The van der Waals surface area contributed by atoms with E-state index >= 15 is 0 Å². The molecule has 0 aromatic carbocycles. The van der Waals surface area contributed by atoms with Crippen LogP contribution in [0.3, 0.4) is 0 Å². The fourth-order valence-corrected chi connectivity index (χ4v) is 3.21. The molecule has 6 heteroatoms. The van der Waals surface area contributed by atoms with Gasteiger partial charge in [-0.3, -0.25) is 4.98 Å². The zero-order valence-electron chi connectivity index (χ0n) is 12.5. The number of aliphatic hydroxyl groups is 1. The highest BCUT2D eigenvalue weighted by atomic mass is 16.5. The summed E-state index contributed by atoms with van der Waals surface area (Å²) in [5.41, 5.74) is -0.383. The number of rotatable bonds is 4. The molecule has 1 amide bonds. The lowest BCUT2D eigenvalue weighted by Crippen LogP contribution is -2.46. The Kier molecular flexibility index (Phi) is 4.67. The molecule has 1 aliphatic carbocycles. The first-order chi connectivity index (χ1) is 10.0. The van der Waals surface area contributed by atoms with Crippen molar-refractivity contribution < 1.29 is 19.7 Å². The molecule has 0 spiro atoms. The van der Waals surface area contributed by atoms with E-state index in [1.807, 2.05) is 6.92 Å². The number of hydrogen-bond acceptors (Lipinski definition) is 4. The minimum atomic E-state index is -1.07. The Bertz CT molecular complexity index is 508. The highest BCUT2D eigenvalue weighted by Crippen LogP contribution is 2.42. The summed E-state index contributed by atoms with van der Waals surface area (Å²) >= 11 is 0. The van der Waals surface area contributed by atoms with E-state index in [0.29, 0.717) is 30.7 Å². The lowest BCUT2D eigenvalue weighted by Gasteiger charge is -2.41. The Balaban J connectivity index is 2.28. The molecule has 2 N–H and O–H groups in total. The topological polar surface area (TPSA) is 82.9 Å². The van der Waals surface area contributed by atoms with Gasteiger partial charge < -0.3 is 19.8 Å². The molecule has 2 rings (SSSR count). The monoisotopic (exact) mass is 294 g/mol. The normalized spacial score (nSPS) is 25.4. The van der Waals surface area contributed by atoms with Crippen LogP contribution < -0.4 is 4.74 Å². The van der Waals surface area contributed by atoms with Crippen LogP contribution in [0.25, 0.3) is 0 Å². The van der Waals surface area contributed by atoms with Gasteiger partial charge in [-0.25, -0.2) is 4.79 Å². The van der Waals surface area contributed by atoms with Crippen LogP contribution in [0.2, 0.25) is 0 Å². The molecule has 2 unspecified atom stereocenters. The van der Waals surface area contributed by atoms with Crippen molar-refractivity contribution >= 4 is 6.09 Å². The number of amides is 1. The second-order valence-corrected chi connectivity index (χ2v) is 5.43. The molecule has 6 nitrogen and oxygen atoms in total. The van der Waals surface area contributed by atoms with E-state index in [9.17, 15) is 15.0 Å². The molecule has 1 aromatic rings. The number of nitrogens with zero attached hydrogens (tertiary/aromatic N) is 2. The van der Waals surface area contributed by atoms with Crippen LogP contribution >= 0.6 is 0 Å². The van der Waals surface area contributed by atoms with Gasteiger partial charge in [-0.05, 0) is 32.3 Å². The van der Waals surface area contributed by atoms with Crippen molar-refractivity contribution in [3.8, 4) is 5.75 Å². The Morgan fingerprint density at radius 1 is 1.62 bits per heavy atom. The third-order valence-electron chi connectivity index (χ3n) is 4.23. The SMILES string of the molecule is CCN(C(=O)O)C1CCCC(O)(c2ccncc2OC)C1. The van der Waals surface area contributed by atoms with E-state index in [2.05, 4.69) is 4.98 Å². The maximum Gasteiger partial charge on any atom is 0.407 e. The molecular formula is C15H22N2O4. The summed E-state index contributed by atoms with van der Waals surface area (Å²) in [6.07, 6.45) is 4.79. The van der Waals surface area contributed by atoms with Crippen LogP contribution in [0, 0.1) is 0 Å². The van der Waals surface area contributed by atoms with Crippen LogP contribution in [0.4, 0.5) is 4.79 Å². The first-order valence-corrected chi connectivity index (χ1v) is 7.22. The largest absolute Gasteiger partial charge is 0.495 e. The molecule has 1 aromatic heterocycles. The van der Waals surface area contributed by atoms with E-state index in [4.69, 9.17) is 4.74 Å². The standard InChI is InChI=1S/C15H22N2O4/c1-3-17(14(18)19)11-5-4-7-15(20,9-11)12-6-8-16-10-13(12)21-2/h6,8,10-11,20H,3-5,7,9H2,1-2H3,(H,18,19). The summed E-state index contributed by atoms with van der Waals surface area (Å²) in [6, 6.07) is 1.57. The fourth-order valence-electron chi connectivity index (χ4n) is 3.21. The van der Waals surface area contributed by atoms with Gasteiger partial charge in [0.15, 0.2) is 0 Å². The van der Waals surface area contributed by atoms with Crippen LogP contribution in [0.15, 0.2) is 18.5 Å². The summed E-state index contributed by atoms with van der Waals surface area (Å²) in [7, 11) is 1.54. The third kappa shape index (κ3) is 3.10. The molecule has 0 saturated heterocycles. The van der Waals surface area contributed by atoms with Gasteiger partial charge >= 0.3 is 6.09 Å². The zero-order valence-corrected chi connectivity index (χ0v) is 12.5. The summed E-state index contributed by atoms with van der Waals surface area (Å²) < 4.78 is 5.28. The number of hydrogen-bond donors (Lipinski definition) is 2. The van der Waals surface area contributed by atoms with E-state index in [0.717, 1.165) is 12.8 Å². The summed E-state index contributed by atoms with van der Waals surface area (Å²) in [6.45, 7) is 2.23. The molecule has 1 saturated carbocycles. The second kappa shape index (κ2) is 6.30. The minimum Gasteiger partial charge on any atom is -0.495 e. The van der Waals surface area contributed by atoms with Crippen molar-refractivity contribution in [2.24, 2.45) is 0 Å². The second-order valence-electron chi connectivity index (χ2n) is 5.43. The van der Waals surface area contributed by atoms with Gasteiger partial charge in [-0.15, -0.1) is 0 Å². The van der Waals surface area contributed by atoms with Gasteiger partial charge in [0.1, 0.15) is 5.75 Å².